The number of hydrogen-bond acceptors (Lipinski definition) is 3. The second-order valence-corrected chi connectivity index (χ2v) is 5.54. The van der Waals surface area contributed by atoms with Crippen molar-refractivity contribution >= 4 is 5.78 Å². The SMILES string of the molecule is N#CCC(c1ccccc1)C1C(=O)C2CCN1CC2. The maximum atomic E-state index is 12.5. The highest BCUT2D eigenvalue weighted by molar-refractivity contribution is 5.89. The molecule has 0 N–H and O–H groups in total. The number of benzene rings is 1. The van der Waals surface area contributed by atoms with Crippen LogP contribution in [-0.4, -0.2) is 29.8 Å². The van der Waals surface area contributed by atoms with Crippen molar-refractivity contribution in [3.8, 4) is 6.07 Å². The standard InChI is InChI=1S/C16H18N2O/c17-9-6-14(12-4-2-1-3-5-12)15-16(19)13-7-10-18(15)11-8-13/h1-5,13-15H,6-8,10-11H2. The van der Waals surface area contributed by atoms with Crippen LogP contribution >= 0.6 is 0 Å². The van der Waals surface area contributed by atoms with Crippen LogP contribution in [0.15, 0.2) is 30.3 Å². The highest BCUT2D eigenvalue weighted by Crippen LogP contribution is 2.37. The molecule has 0 aromatic heterocycles. The number of piperidine rings is 3. The average Bonchev–Trinajstić information content (AvgIpc) is 2.48. The highest BCUT2D eigenvalue weighted by Gasteiger charge is 2.44. The van der Waals surface area contributed by atoms with E-state index in [9.17, 15) is 4.79 Å². The summed E-state index contributed by atoms with van der Waals surface area (Å²) in [6.07, 6.45) is 2.43. The molecule has 3 fully saturated rings. The van der Waals surface area contributed by atoms with Crippen LogP contribution in [0.25, 0.3) is 0 Å². The number of rotatable bonds is 3. The maximum absolute atomic E-state index is 12.5. The fraction of sp³-hybridized carbons (Fsp3) is 0.500. The van der Waals surface area contributed by atoms with Gasteiger partial charge in [0.05, 0.1) is 12.1 Å². The number of nitrogens with zero attached hydrogens (tertiary/aromatic N) is 2. The molecule has 3 heteroatoms. The summed E-state index contributed by atoms with van der Waals surface area (Å²) < 4.78 is 0. The van der Waals surface area contributed by atoms with Crippen LogP contribution in [0, 0.1) is 17.2 Å². The van der Waals surface area contributed by atoms with Crippen LogP contribution in [0.2, 0.25) is 0 Å². The summed E-state index contributed by atoms with van der Waals surface area (Å²) in [5.74, 6) is 0.628. The molecule has 1 aromatic rings. The number of ketones is 1. The van der Waals surface area contributed by atoms with Gasteiger partial charge in [0, 0.05) is 18.3 Å². The number of fused-ring (bicyclic) bond motifs is 3. The normalized spacial score (nSPS) is 30.9. The Bertz CT molecular complexity index is 497. The van der Waals surface area contributed by atoms with Gasteiger partial charge in [0.1, 0.15) is 0 Å². The van der Waals surface area contributed by atoms with Crippen molar-refractivity contribution in [3.63, 3.8) is 0 Å². The largest absolute Gasteiger partial charge is 0.298 e. The van der Waals surface area contributed by atoms with E-state index in [1.54, 1.807) is 0 Å². The lowest BCUT2D eigenvalue weighted by Gasteiger charge is -2.46. The lowest BCUT2D eigenvalue weighted by atomic mass is 9.74. The van der Waals surface area contributed by atoms with Crippen molar-refractivity contribution in [2.45, 2.75) is 31.2 Å². The first-order valence-corrected chi connectivity index (χ1v) is 7.01. The summed E-state index contributed by atoms with van der Waals surface area (Å²) in [6.45, 7) is 2.02. The molecule has 1 aromatic carbocycles. The van der Waals surface area contributed by atoms with Gasteiger partial charge >= 0.3 is 0 Å². The molecule has 19 heavy (non-hydrogen) atoms. The minimum Gasteiger partial charge on any atom is -0.298 e. The quantitative estimate of drug-likeness (QED) is 0.831. The number of nitriles is 1. The minimum absolute atomic E-state index is 0.0294. The van der Waals surface area contributed by atoms with Gasteiger partial charge in [-0.15, -0.1) is 0 Å². The van der Waals surface area contributed by atoms with Gasteiger partial charge in [0.2, 0.25) is 0 Å². The molecule has 98 valence electrons. The number of hydrogen-bond donors (Lipinski definition) is 0. The lowest BCUT2D eigenvalue weighted by molar-refractivity contribution is -0.138. The van der Waals surface area contributed by atoms with E-state index < -0.39 is 0 Å². The van der Waals surface area contributed by atoms with E-state index in [1.807, 2.05) is 30.3 Å². The van der Waals surface area contributed by atoms with Crippen LogP contribution in [0.4, 0.5) is 0 Å². The second kappa shape index (κ2) is 5.14. The van der Waals surface area contributed by atoms with Gasteiger partial charge in [-0.2, -0.15) is 5.26 Å². The third-order valence-corrected chi connectivity index (χ3v) is 4.54. The molecule has 0 spiro atoms. The Labute approximate surface area is 113 Å². The Morgan fingerprint density at radius 2 is 1.95 bits per heavy atom. The maximum Gasteiger partial charge on any atom is 0.153 e. The van der Waals surface area contributed by atoms with Crippen molar-refractivity contribution in [2.24, 2.45) is 5.92 Å². The highest BCUT2D eigenvalue weighted by atomic mass is 16.1. The predicted molar refractivity (Wildman–Crippen MR) is 72.5 cm³/mol. The molecule has 0 saturated carbocycles. The van der Waals surface area contributed by atoms with E-state index in [0.717, 1.165) is 31.5 Å². The summed E-state index contributed by atoms with van der Waals surface area (Å²) in [6, 6.07) is 12.2. The Morgan fingerprint density at radius 1 is 1.26 bits per heavy atom. The Balaban J connectivity index is 1.92. The zero-order valence-electron chi connectivity index (χ0n) is 11.0. The summed E-state index contributed by atoms with van der Waals surface area (Å²) >= 11 is 0. The molecular formula is C16H18N2O. The van der Waals surface area contributed by atoms with Gasteiger partial charge in [-0.25, -0.2) is 0 Å². The summed E-state index contributed by atoms with van der Waals surface area (Å²) in [4.78, 5) is 14.8. The molecule has 0 amide bonds. The van der Waals surface area contributed by atoms with Crippen molar-refractivity contribution in [1.82, 2.24) is 4.90 Å². The third-order valence-electron chi connectivity index (χ3n) is 4.54. The molecule has 2 atom stereocenters. The molecule has 0 radical (unpaired) electrons. The third kappa shape index (κ3) is 2.17. The Kier molecular flexibility index (Phi) is 3.35. The van der Waals surface area contributed by atoms with E-state index in [1.165, 1.54) is 0 Å². The first-order chi connectivity index (χ1) is 9.31. The Hall–Kier alpha value is -1.66. The molecule has 4 rings (SSSR count). The second-order valence-electron chi connectivity index (χ2n) is 5.54. The van der Waals surface area contributed by atoms with Crippen LogP contribution < -0.4 is 0 Å². The van der Waals surface area contributed by atoms with Crippen molar-refractivity contribution in [1.29, 1.82) is 5.26 Å². The smallest absolute Gasteiger partial charge is 0.153 e. The zero-order valence-corrected chi connectivity index (χ0v) is 11.0. The fourth-order valence-corrected chi connectivity index (χ4v) is 3.55. The molecule has 2 unspecified atom stereocenters. The van der Waals surface area contributed by atoms with Gasteiger partial charge in [-0.3, -0.25) is 9.69 Å². The minimum atomic E-state index is -0.0745. The average molecular weight is 254 g/mol. The van der Waals surface area contributed by atoms with Crippen molar-refractivity contribution in [2.75, 3.05) is 13.1 Å². The van der Waals surface area contributed by atoms with Gasteiger partial charge in [0.15, 0.2) is 5.78 Å². The first kappa shape index (κ1) is 12.4. The van der Waals surface area contributed by atoms with Crippen molar-refractivity contribution < 1.29 is 4.79 Å². The molecule has 3 heterocycles. The van der Waals surface area contributed by atoms with E-state index in [-0.39, 0.29) is 17.9 Å². The number of carbonyl (C=O) groups is 1. The number of Topliss-reactive ketones (excluding diaryl/α,β-unsaturated/α-hetero) is 1. The van der Waals surface area contributed by atoms with Gasteiger partial charge in [0.25, 0.3) is 0 Å². The van der Waals surface area contributed by atoms with E-state index in [0.29, 0.717) is 12.2 Å². The monoisotopic (exact) mass is 254 g/mol. The Morgan fingerprint density at radius 3 is 2.53 bits per heavy atom. The molecular weight excluding hydrogens is 236 g/mol. The van der Waals surface area contributed by atoms with E-state index in [2.05, 4.69) is 11.0 Å². The number of carbonyl (C=O) groups excluding carboxylic acids is 1. The van der Waals surface area contributed by atoms with Crippen LogP contribution in [-0.2, 0) is 4.79 Å². The topological polar surface area (TPSA) is 44.1 Å². The van der Waals surface area contributed by atoms with Crippen LogP contribution in [0.1, 0.15) is 30.7 Å². The van der Waals surface area contributed by atoms with Crippen LogP contribution in [0.5, 0.6) is 0 Å². The molecule has 3 aliphatic rings. The molecule has 3 aliphatic heterocycles. The molecule has 3 saturated heterocycles. The fourth-order valence-electron chi connectivity index (χ4n) is 3.55. The van der Waals surface area contributed by atoms with Gasteiger partial charge < -0.3 is 0 Å². The molecule has 0 aliphatic carbocycles. The lowest BCUT2D eigenvalue weighted by Crippen LogP contribution is -2.57. The van der Waals surface area contributed by atoms with E-state index >= 15 is 0 Å². The summed E-state index contributed by atoms with van der Waals surface area (Å²) in [7, 11) is 0. The first-order valence-electron chi connectivity index (χ1n) is 7.01. The molecule has 3 nitrogen and oxygen atoms in total. The van der Waals surface area contributed by atoms with Gasteiger partial charge in [-0.05, 0) is 31.5 Å². The van der Waals surface area contributed by atoms with Gasteiger partial charge in [-0.1, -0.05) is 30.3 Å². The summed E-state index contributed by atoms with van der Waals surface area (Å²) in [5, 5.41) is 9.11. The summed E-state index contributed by atoms with van der Waals surface area (Å²) in [5.41, 5.74) is 1.12. The molecule has 2 bridgehead atoms. The van der Waals surface area contributed by atoms with E-state index in [4.69, 9.17) is 5.26 Å². The predicted octanol–water partition coefficient (Wildman–Crippen LogP) is 2.35. The zero-order chi connectivity index (χ0) is 13.2. The van der Waals surface area contributed by atoms with Crippen LogP contribution in [0.3, 0.4) is 0 Å². The van der Waals surface area contributed by atoms with Crippen molar-refractivity contribution in [3.05, 3.63) is 35.9 Å².